The summed E-state index contributed by atoms with van der Waals surface area (Å²) in [6.07, 6.45) is 0.760. The van der Waals surface area contributed by atoms with Gasteiger partial charge in [-0.2, -0.15) is 0 Å². The molecule has 5 heteroatoms. The number of amides is 2. The third-order valence-electron chi connectivity index (χ3n) is 4.42. The number of hydrogen-bond donors (Lipinski definition) is 2. The number of carbonyl (C=O) groups excluding carboxylic acids is 2. The van der Waals surface area contributed by atoms with E-state index in [2.05, 4.69) is 36.2 Å². The quantitative estimate of drug-likeness (QED) is 0.880. The van der Waals surface area contributed by atoms with Crippen molar-refractivity contribution in [3.05, 3.63) is 59.7 Å². The normalized spacial score (nSPS) is 16.5. The minimum Gasteiger partial charge on any atom is -0.366 e. The highest BCUT2D eigenvalue weighted by atomic mass is 16.2. The summed E-state index contributed by atoms with van der Waals surface area (Å²) in [5, 5.41) is 2.94. The first kappa shape index (κ1) is 17.0. The second-order valence-corrected chi connectivity index (χ2v) is 6.84. The van der Waals surface area contributed by atoms with Crippen molar-refractivity contribution in [2.45, 2.75) is 32.9 Å². The van der Waals surface area contributed by atoms with Crippen molar-refractivity contribution in [2.75, 3.05) is 10.2 Å². The molecule has 3 rings (SSSR count). The lowest BCUT2D eigenvalue weighted by molar-refractivity contribution is -0.118. The molecule has 25 heavy (non-hydrogen) atoms. The lowest BCUT2D eigenvalue weighted by atomic mass is 9.97. The van der Waals surface area contributed by atoms with Gasteiger partial charge in [0.1, 0.15) is 6.04 Å². The average molecular weight is 337 g/mol. The van der Waals surface area contributed by atoms with Crippen molar-refractivity contribution in [3.8, 4) is 0 Å². The van der Waals surface area contributed by atoms with E-state index in [1.54, 1.807) is 12.1 Å². The Morgan fingerprint density at radius 1 is 1.20 bits per heavy atom. The molecular formula is C20H23N3O2. The topological polar surface area (TPSA) is 75.4 Å². The van der Waals surface area contributed by atoms with E-state index in [1.807, 2.05) is 24.3 Å². The Morgan fingerprint density at radius 2 is 1.92 bits per heavy atom. The van der Waals surface area contributed by atoms with Gasteiger partial charge < -0.3 is 16.0 Å². The summed E-state index contributed by atoms with van der Waals surface area (Å²) in [5.41, 5.74) is 8.44. The van der Waals surface area contributed by atoms with Gasteiger partial charge >= 0.3 is 0 Å². The monoisotopic (exact) mass is 337 g/mol. The summed E-state index contributed by atoms with van der Waals surface area (Å²) in [6, 6.07) is 15.1. The van der Waals surface area contributed by atoms with E-state index in [-0.39, 0.29) is 11.9 Å². The second kappa shape index (κ2) is 6.97. The van der Waals surface area contributed by atoms with Gasteiger partial charge in [-0.15, -0.1) is 0 Å². The van der Waals surface area contributed by atoms with E-state index in [9.17, 15) is 9.59 Å². The number of rotatable bonds is 5. The van der Waals surface area contributed by atoms with Crippen LogP contribution in [0.4, 0.5) is 11.4 Å². The lowest BCUT2D eigenvalue weighted by Crippen LogP contribution is -2.48. The van der Waals surface area contributed by atoms with E-state index in [0.717, 1.165) is 17.7 Å². The zero-order chi connectivity index (χ0) is 18.0. The number of hydrogen-bond acceptors (Lipinski definition) is 3. The second-order valence-electron chi connectivity index (χ2n) is 6.84. The third-order valence-corrected chi connectivity index (χ3v) is 4.42. The van der Waals surface area contributed by atoms with Gasteiger partial charge in [0, 0.05) is 12.1 Å². The van der Waals surface area contributed by atoms with Crippen molar-refractivity contribution in [3.63, 3.8) is 0 Å². The maximum atomic E-state index is 12.7. The summed E-state index contributed by atoms with van der Waals surface area (Å²) in [7, 11) is 0. The van der Waals surface area contributed by atoms with Crippen LogP contribution in [0.1, 0.15) is 36.2 Å². The summed E-state index contributed by atoms with van der Waals surface area (Å²) in [6.45, 7) is 4.86. The Morgan fingerprint density at radius 3 is 2.56 bits per heavy atom. The van der Waals surface area contributed by atoms with Gasteiger partial charge in [0.2, 0.25) is 11.8 Å². The molecule has 1 aliphatic heterocycles. The zero-order valence-electron chi connectivity index (χ0n) is 14.5. The van der Waals surface area contributed by atoms with Crippen LogP contribution in [-0.2, 0) is 11.3 Å². The van der Waals surface area contributed by atoms with Crippen LogP contribution in [0.25, 0.3) is 0 Å². The van der Waals surface area contributed by atoms with Crippen LogP contribution >= 0.6 is 0 Å². The van der Waals surface area contributed by atoms with Gasteiger partial charge in [-0.1, -0.05) is 44.2 Å². The highest BCUT2D eigenvalue weighted by Gasteiger charge is 2.33. The van der Waals surface area contributed by atoms with E-state index >= 15 is 0 Å². The van der Waals surface area contributed by atoms with Crippen molar-refractivity contribution in [1.29, 1.82) is 0 Å². The Hall–Kier alpha value is -2.82. The molecule has 0 radical (unpaired) electrons. The largest absolute Gasteiger partial charge is 0.366 e. The molecule has 2 aromatic carbocycles. The standard InChI is InChI=1S/C20H23N3O2/c1-13(2)10-18-20(25)22-16-11-15(19(21)24)8-9-17(16)23(18)12-14-6-4-3-5-7-14/h3-9,11,13,18H,10,12H2,1-2H3,(H2,21,24)(H,22,25)/t18-/m0/s1. The van der Waals surface area contributed by atoms with Gasteiger partial charge in [0.25, 0.3) is 0 Å². The van der Waals surface area contributed by atoms with Crippen LogP contribution < -0.4 is 16.0 Å². The fraction of sp³-hybridized carbons (Fsp3) is 0.300. The van der Waals surface area contributed by atoms with Crippen LogP contribution in [0.5, 0.6) is 0 Å². The fourth-order valence-corrected chi connectivity index (χ4v) is 3.22. The number of carbonyl (C=O) groups is 2. The Labute approximate surface area is 147 Å². The first-order valence-corrected chi connectivity index (χ1v) is 8.51. The number of anilines is 2. The maximum Gasteiger partial charge on any atom is 0.248 e. The Kier molecular flexibility index (Phi) is 4.74. The summed E-state index contributed by atoms with van der Waals surface area (Å²) in [5.74, 6) is -0.157. The molecule has 2 aromatic rings. The Balaban J connectivity index is 2.02. The van der Waals surface area contributed by atoms with Crippen LogP contribution in [0.3, 0.4) is 0 Å². The van der Waals surface area contributed by atoms with Gasteiger partial charge in [0.05, 0.1) is 11.4 Å². The molecule has 2 amide bonds. The Bertz CT molecular complexity index is 787. The van der Waals surface area contributed by atoms with Crippen molar-refractivity contribution in [2.24, 2.45) is 11.7 Å². The van der Waals surface area contributed by atoms with E-state index in [1.165, 1.54) is 0 Å². The molecule has 1 aliphatic rings. The van der Waals surface area contributed by atoms with Crippen LogP contribution in [-0.4, -0.2) is 17.9 Å². The zero-order valence-corrected chi connectivity index (χ0v) is 14.5. The minimum atomic E-state index is -0.504. The SMILES string of the molecule is CC(C)C[C@H]1C(=O)Nc2cc(C(N)=O)ccc2N1Cc1ccccc1. The molecular weight excluding hydrogens is 314 g/mol. The molecule has 0 saturated carbocycles. The van der Waals surface area contributed by atoms with E-state index < -0.39 is 5.91 Å². The van der Waals surface area contributed by atoms with Crippen molar-refractivity contribution in [1.82, 2.24) is 0 Å². The van der Waals surface area contributed by atoms with E-state index in [4.69, 9.17) is 5.73 Å². The first-order chi connectivity index (χ1) is 12.0. The molecule has 1 atom stereocenters. The van der Waals surface area contributed by atoms with Gasteiger partial charge in [-0.25, -0.2) is 0 Å². The first-order valence-electron chi connectivity index (χ1n) is 8.51. The van der Waals surface area contributed by atoms with Gasteiger partial charge in [0.15, 0.2) is 0 Å². The van der Waals surface area contributed by atoms with Gasteiger partial charge in [-0.05, 0) is 36.1 Å². The predicted molar refractivity (Wildman–Crippen MR) is 99.5 cm³/mol. The fourth-order valence-electron chi connectivity index (χ4n) is 3.22. The molecule has 5 nitrogen and oxygen atoms in total. The molecule has 0 fully saturated rings. The maximum absolute atomic E-state index is 12.7. The van der Waals surface area contributed by atoms with Crippen molar-refractivity contribution >= 4 is 23.2 Å². The third kappa shape index (κ3) is 3.65. The van der Waals surface area contributed by atoms with E-state index in [0.29, 0.717) is 23.7 Å². The summed E-state index contributed by atoms with van der Waals surface area (Å²) < 4.78 is 0. The minimum absolute atomic E-state index is 0.0428. The van der Waals surface area contributed by atoms with Crippen LogP contribution in [0.15, 0.2) is 48.5 Å². The number of nitrogens with one attached hydrogen (secondary N) is 1. The molecule has 0 saturated heterocycles. The molecule has 0 bridgehead atoms. The molecule has 0 aliphatic carbocycles. The molecule has 1 heterocycles. The molecule has 3 N–H and O–H groups in total. The highest BCUT2D eigenvalue weighted by Crippen LogP contribution is 2.35. The van der Waals surface area contributed by atoms with Crippen molar-refractivity contribution < 1.29 is 9.59 Å². The molecule has 0 spiro atoms. The lowest BCUT2D eigenvalue weighted by Gasteiger charge is -2.39. The number of benzene rings is 2. The van der Waals surface area contributed by atoms with Gasteiger partial charge in [-0.3, -0.25) is 9.59 Å². The smallest absolute Gasteiger partial charge is 0.248 e. The highest BCUT2D eigenvalue weighted by molar-refractivity contribution is 6.05. The summed E-state index contributed by atoms with van der Waals surface area (Å²) >= 11 is 0. The number of nitrogens with zero attached hydrogens (tertiary/aromatic N) is 1. The molecule has 0 aromatic heterocycles. The molecule has 0 unspecified atom stereocenters. The van der Waals surface area contributed by atoms with Crippen LogP contribution in [0.2, 0.25) is 0 Å². The molecule has 130 valence electrons. The number of nitrogens with two attached hydrogens (primary N) is 1. The van der Waals surface area contributed by atoms with Crippen LogP contribution in [0, 0.1) is 5.92 Å². The number of fused-ring (bicyclic) bond motifs is 1. The predicted octanol–water partition coefficient (Wildman–Crippen LogP) is 3.16. The summed E-state index contributed by atoms with van der Waals surface area (Å²) in [4.78, 5) is 26.3. The average Bonchev–Trinajstić information content (AvgIpc) is 2.58. The number of primary amides is 1.